The van der Waals surface area contributed by atoms with E-state index < -0.39 is 5.60 Å². The summed E-state index contributed by atoms with van der Waals surface area (Å²) in [5.41, 5.74) is 10.9. The van der Waals surface area contributed by atoms with Crippen LogP contribution in [0.15, 0.2) is 0 Å². The lowest BCUT2D eigenvalue weighted by Crippen LogP contribution is -2.39. The first kappa shape index (κ1) is 18.1. The van der Waals surface area contributed by atoms with Crippen LogP contribution in [-0.4, -0.2) is 41.8 Å². The zero-order valence-electron chi connectivity index (χ0n) is 9.80. The van der Waals surface area contributed by atoms with Crippen LogP contribution < -0.4 is 11.5 Å². The third-order valence-electron chi connectivity index (χ3n) is 2.06. The van der Waals surface area contributed by atoms with Crippen molar-refractivity contribution >= 4 is 30.9 Å². The summed E-state index contributed by atoms with van der Waals surface area (Å²) >= 11 is 0. The van der Waals surface area contributed by atoms with E-state index in [0.717, 1.165) is 0 Å². The molecule has 16 heavy (non-hydrogen) atoms. The van der Waals surface area contributed by atoms with Gasteiger partial charge in [0, 0.05) is 25.2 Å². The standard InChI is InChI=1S/C9H19N3O2.2ClH/c1-9(2,3)14-8(13)12-4-6(10)7(11)5-12;;/h6-7H,4-5,10-11H2,1-3H3;2*1H. The van der Waals surface area contributed by atoms with Gasteiger partial charge in [-0.05, 0) is 20.8 Å². The molecule has 2 unspecified atom stereocenters. The molecule has 0 aliphatic carbocycles. The highest BCUT2D eigenvalue weighted by atomic mass is 35.5. The predicted molar refractivity (Wildman–Crippen MR) is 68.3 cm³/mol. The molecule has 7 heteroatoms. The summed E-state index contributed by atoms with van der Waals surface area (Å²) in [4.78, 5) is 13.1. The molecule has 1 fully saturated rings. The van der Waals surface area contributed by atoms with Crippen molar-refractivity contribution in [3.8, 4) is 0 Å². The molecule has 0 saturated carbocycles. The lowest BCUT2D eigenvalue weighted by molar-refractivity contribution is 0.0290. The van der Waals surface area contributed by atoms with Gasteiger partial charge in [-0.15, -0.1) is 24.8 Å². The van der Waals surface area contributed by atoms with Crippen LogP contribution >= 0.6 is 24.8 Å². The first-order chi connectivity index (χ1) is 6.29. The van der Waals surface area contributed by atoms with Gasteiger partial charge in [0.05, 0.1) is 0 Å². The van der Waals surface area contributed by atoms with Gasteiger partial charge >= 0.3 is 6.09 Å². The van der Waals surface area contributed by atoms with E-state index in [0.29, 0.717) is 13.1 Å². The topological polar surface area (TPSA) is 81.6 Å². The fourth-order valence-corrected chi connectivity index (χ4v) is 1.33. The first-order valence-electron chi connectivity index (χ1n) is 4.78. The number of ether oxygens (including phenoxy) is 1. The van der Waals surface area contributed by atoms with Crippen molar-refractivity contribution < 1.29 is 9.53 Å². The fraction of sp³-hybridized carbons (Fsp3) is 0.889. The van der Waals surface area contributed by atoms with E-state index in [9.17, 15) is 4.79 Å². The quantitative estimate of drug-likeness (QED) is 0.682. The molecule has 5 nitrogen and oxygen atoms in total. The summed E-state index contributed by atoms with van der Waals surface area (Å²) in [6, 6.07) is -0.273. The molecule has 1 aliphatic heterocycles. The molecular weight excluding hydrogens is 253 g/mol. The Bertz CT molecular complexity index is 223. The number of halogens is 2. The van der Waals surface area contributed by atoms with Crippen LogP contribution in [0.5, 0.6) is 0 Å². The molecule has 98 valence electrons. The maximum atomic E-state index is 11.5. The second-order valence-electron chi connectivity index (χ2n) is 4.71. The first-order valence-corrected chi connectivity index (χ1v) is 4.78. The number of carbonyl (C=O) groups excluding carboxylic acids is 1. The number of amides is 1. The summed E-state index contributed by atoms with van der Waals surface area (Å²) in [6.07, 6.45) is -0.332. The van der Waals surface area contributed by atoms with Gasteiger partial charge < -0.3 is 21.1 Å². The summed E-state index contributed by atoms with van der Waals surface area (Å²) in [5.74, 6) is 0. The normalized spacial score (nSPS) is 24.4. The summed E-state index contributed by atoms with van der Waals surface area (Å²) in [7, 11) is 0. The largest absolute Gasteiger partial charge is 0.444 e. The average Bonchev–Trinajstić information content (AvgIpc) is 2.28. The van der Waals surface area contributed by atoms with Gasteiger partial charge in [0.1, 0.15) is 5.60 Å². The number of hydrogen-bond acceptors (Lipinski definition) is 4. The lowest BCUT2D eigenvalue weighted by atomic mass is 10.2. The van der Waals surface area contributed by atoms with Gasteiger partial charge in [-0.1, -0.05) is 0 Å². The monoisotopic (exact) mass is 273 g/mol. The second-order valence-corrected chi connectivity index (χ2v) is 4.71. The van der Waals surface area contributed by atoms with Crippen molar-refractivity contribution in [1.82, 2.24) is 4.90 Å². The van der Waals surface area contributed by atoms with Gasteiger partial charge in [-0.3, -0.25) is 0 Å². The molecule has 1 saturated heterocycles. The SMILES string of the molecule is CC(C)(C)OC(=O)N1CC(N)C(N)C1.Cl.Cl. The zero-order valence-corrected chi connectivity index (χ0v) is 11.4. The molecule has 0 spiro atoms. The molecule has 0 aromatic heterocycles. The van der Waals surface area contributed by atoms with Gasteiger partial charge in [-0.2, -0.15) is 0 Å². The fourth-order valence-electron chi connectivity index (χ4n) is 1.33. The van der Waals surface area contributed by atoms with E-state index in [4.69, 9.17) is 16.2 Å². The Labute approximate surface area is 109 Å². The number of hydrogen-bond donors (Lipinski definition) is 2. The van der Waals surface area contributed by atoms with Crippen LogP contribution in [0.3, 0.4) is 0 Å². The highest BCUT2D eigenvalue weighted by Crippen LogP contribution is 2.13. The summed E-state index contributed by atoms with van der Waals surface area (Å²) in [5, 5.41) is 0. The molecule has 0 aromatic rings. The average molecular weight is 274 g/mol. The van der Waals surface area contributed by atoms with Crippen molar-refractivity contribution in [2.75, 3.05) is 13.1 Å². The minimum absolute atomic E-state index is 0. The number of likely N-dealkylation sites (tertiary alicyclic amines) is 1. The minimum Gasteiger partial charge on any atom is -0.444 e. The van der Waals surface area contributed by atoms with Crippen molar-refractivity contribution in [3.63, 3.8) is 0 Å². The van der Waals surface area contributed by atoms with E-state index >= 15 is 0 Å². The smallest absolute Gasteiger partial charge is 0.410 e. The van der Waals surface area contributed by atoms with Gasteiger partial charge in [-0.25, -0.2) is 4.79 Å². The number of nitrogens with two attached hydrogens (primary N) is 2. The van der Waals surface area contributed by atoms with Crippen molar-refractivity contribution in [1.29, 1.82) is 0 Å². The van der Waals surface area contributed by atoms with E-state index in [1.54, 1.807) is 4.90 Å². The van der Waals surface area contributed by atoms with Crippen LogP contribution in [-0.2, 0) is 4.74 Å². The van der Waals surface area contributed by atoms with Crippen LogP contribution in [0.4, 0.5) is 4.79 Å². The Kier molecular flexibility index (Phi) is 7.36. The molecule has 1 amide bonds. The molecule has 0 aromatic carbocycles. The molecule has 0 bridgehead atoms. The summed E-state index contributed by atoms with van der Waals surface area (Å²) < 4.78 is 5.19. The van der Waals surface area contributed by atoms with E-state index in [2.05, 4.69) is 0 Å². The number of carbonyl (C=O) groups is 1. The third kappa shape index (κ3) is 5.21. The van der Waals surface area contributed by atoms with Crippen LogP contribution in [0, 0.1) is 0 Å². The Balaban J connectivity index is 0. The number of nitrogens with zero attached hydrogens (tertiary/aromatic N) is 1. The highest BCUT2D eigenvalue weighted by Gasteiger charge is 2.32. The Morgan fingerprint density at radius 3 is 1.88 bits per heavy atom. The maximum Gasteiger partial charge on any atom is 0.410 e. The Morgan fingerprint density at radius 2 is 1.56 bits per heavy atom. The zero-order chi connectivity index (χ0) is 10.9. The van der Waals surface area contributed by atoms with Crippen LogP contribution in [0.25, 0.3) is 0 Å². The Hall–Kier alpha value is -0.230. The molecule has 2 atom stereocenters. The molecule has 1 aliphatic rings. The molecular formula is C9H21Cl2N3O2. The van der Waals surface area contributed by atoms with Gasteiger partial charge in [0.2, 0.25) is 0 Å². The Morgan fingerprint density at radius 1 is 1.19 bits per heavy atom. The lowest BCUT2D eigenvalue weighted by Gasteiger charge is -2.24. The van der Waals surface area contributed by atoms with Crippen molar-refractivity contribution in [2.45, 2.75) is 38.5 Å². The van der Waals surface area contributed by atoms with Crippen LogP contribution in [0.2, 0.25) is 0 Å². The van der Waals surface area contributed by atoms with E-state index in [1.165, 1.54) is 0 Å². The highest BCUT2D eigenvalue weighted by molar-refractivity contribution is 5.85. The minimum atomic E-state index is -0.464. The van der Waals surface area contributed by atoms with Crippen molar-refractivity contribution in [3.05, 3.63) is 0 Å². The van der Waals surface area contributed by atoms with Crippen molar-refractivity contribution in [2.24, 2.45) is 11.5 Å². The summed E-state index contributed by atoms with van der Waals surface area (Å²) in [6.45, 7) is 6.47. The van der Waals surface area contributed by atoms with Crippen LogP contribution in [0.1, 0.15) is 20.8 Å². The predicted octanol–water partition coefficient (Wildman–Crippen LogP) is 0.735. The molecule has 1 heterocycles. The number of rotatable bonds is 0. The van der Waals surface area contributed by atoms with Gasteiger partial charge in [0.15, 0.2) is 0 Å². The van der Waals surface area contributed by atoms with E-state index in [1.807, 2.05) is 20.8 Å². The molecule has 0 radical (unpaired) electrons. The van der Waals surface area contributed by atoms with E-state index in [-0.39, 0.29) is 43.0 Å². The van der Waals surface area contributed by atoms with Gasteiger partial charge in [0.25, 0.3) is 0 Å². The maximum absolute atomic E-state index is 11.5. The molecule has 1 rings (SSSR count). The third-order valence-corrected chi connectivity index (χ3v) is 2.06. The molecule has 4 N–H and O–H groups in total. The second kappa shape index (κ2) is 6.49.